The summed E-state index contributed by atoms with van der Waals surface area (Å²) in [6.07, 6.45) is 7.25. The van der Waals surface area contributed by atoms with Crippen LogP contribution in [0.2, 0.25) is 0 Å². The Morgan fingerprint density at radius 2 is 1.58 bits per heavy atom. The van der Waals surface area contributed by atoms with Gasteiger partial charge in [0.2, 0.25) is 0 Å². The maximum absolute atomic E-state index is 5.69. The van der Waals surface area contributed by atoms with E-state index < -0.39 is 0 Å². The van der Waals surface area contributed by atoms with Crippen molar-refractivity contribution in [3.63, 3.8) is 0 Å². The van der Waals surface area contributed by atoms with E-state index in [1.54, 1.807) is 0 Å². The van der Waals surface area contributed by atoms with Crippen LogP contribution in [0.4, 0.5) is 0 Å². The minimum atomic E-state index is 0.534. The second-order valence-corrected chi connectivity index (χ2v) is 5.41. The van der Waals surface area contributed by atoms with Crippen LogP contribution >= 0.6 is 11.8 Å². The van der Waals surface area contributed by atoms with Gasteiger partial charge < -0.3 is 4.74 Å². The van der Waals surface area contributed by atoms with Crippen LogP contribution in [-0.4, -0.2) is 24.7 Å². The lowest BCUT2D eigenvalue weighted by molar-refractivity contribution is 0.157. The molecule has 2 saturated heterocycles. The van der Waals surface area contributed by atoms with Crippen LogP contribution in [0.5, 0.6) is 0 Å². The lowest BCUT2D eigenvalue weighted by Crippen LogP contribution is -2.40. The van der Waals surface area contributed by atoms with Gasteiger partial charge in [0.25, 0.3) is 0 Å². The van der Waals surface area contributed by atoms with E-state index in [1.165, 1.54) is 24.3 Å². The second kappa shape index (κ2) is 2.30. The van der Waals surface area contributed by atoms with Crippen molar-refractivity contribution in [2.75, 3.05) is 24.7 Å². The Morgan fingerprint density at radius 1 is 1.00 bits per heavy atom. The van der Waals surface area contributed by atoms with E-state index in [2.05, 4.69) is 23.9 Å². The van der Waals surface area contributed by atoms with Crippen molar-refractivity contribution in [2.24, 2.45) is 10.8 Å². The first kappa shape index (κ1) is 7.45. The molecule has 0 spiro atoms. The predicted octanol–water partition coefficient (Wildman–Crippen LogP) is 2.09. The average molecular weight is 182 g/mol. The molecular formula is C10H14OS. The molecule has 2 heteroatoms. The first-order valence-electron chi connectivity index (χ1n) is 4.68. The van der Waals surface area contributed by atoms with Gasteiger partial charge in [0.1, 0.15) is 0 Å². The summed E-state index contributed by atoms with van der Waals surface area (Å²) in [6, 6.07) is 0. The van der Waals surface area contributed by atoms with E-state index >= 15 is 0 Å². The van der Waals surface area contributed by atoms with E-state index in [1.807, 2.05) is 0 Å². The number of rotatable bonds is 0. The van der Waals surface area contributed by atoms with Crippen molar-refractivity contribution in [1.82, 2.24) is 0 Å². The Kier molecular flexibility index (Phi) is 1.43. The van der Waals surface area contributed by atoms with Crippen LogP contribution in [0, 0.1) is 10.8 Å². The Morgan fingerprint density at radius 3 is 2.17 bits per heavy atom. The molecule has 0 N–H and O–H groups in total. The van der Waals surface area contributed by atoms with Crippen molar-refractivity contribution in [1.29, 1.82) is 0 Å². The average Bonchev–Trinajstić information content (AvgIpc) is 2.57. The molecule has 2 atom stereocenters. The summed E-state index contributed by atoms with van der Waals surface area (Å²) in [7, 11) is 0. The van der Waals surface area contributed by atoms with Crippen LogP contribution in [-0.2, 0) is 4.74 Å². The van der Waals surface area contributed by atoms with Gasteiger partial charge in [0.05, 0.1) is 13.2 Å². The largest absolute Gasteiger partial charge is 0.380 e. The fraction of sp³-hybridized carbons (Fsp3) is 0.800. The molecule has 0 bridgehead atoms. The molecule has 3 rings (SSSR count). The van der Waals surface area contributed by atoms with Crippen molar-refractivity contribution < 1.29 is 4.74 Å². The Labute approximate surface area is 77.6 Å². The molecule has 0 unspecified atom stereocenters. The zero-order chi connectivity index (χ0) is 8.07. The summed E-state index contributed by atoms with van der Waals surface area (Å²) in [5.74, 6) is 2.66. The number of allylic oxidation sites excluding steroid dienone is 2. The second-order valence-electron chi connectivity index (χ2n) is 4.43. The highest BCUT2D eigenvalue weighted by molar-refractivity contribution is 7.99. The van der Waals surface area contributed by atoms with E-state index in [9.17, 15) is 0 Å². The molecule has 0 amide bonds. The highest BCUT2D eigenvalue weighted by Gasteiger charge is 2.58. The Hall–Kier alpha value is 0.0500. The normalized spacial score (nSPS) is 50.7. The van der Waals surface area contributed by atoms with Gasteiger partial charge in [-0.05, 0) is 12.8 Å². The molecule has 0 aromatic rings. The Balaban J connectivity index is 2.06. The van der Waals surface area contributed by atoms with Gasteiger partial charge in [-0.1, -0.05) is 12.2 Å². The first-order chi connectivity index (χ1) is 5.87. The fourth-order valence-corrected chi connectivity index (χ4v) is 4.76. The topological polar surface area (TPSA) is 9.23 Å². The van der Waals surface area contributed by atoms with E-state index in [-0.39, 0.29) is 0 Å². The van der Waals surface area contributed by atoms with E-state index in [0.717, 1.165) is 13.2 Å². The summed E-state index contributed by atoms with van der Waals surface area (Å²) in [5.41, 5.74) is 1.07. The molecule has 2 aliphatic heterocycles. The smallest absolute Gasteiger partial charge is 0.0540 e. The molecule has 66 valence electrons. The molecule has 3 aliphatic rings. The van der Waals surface area contributed by atoms with Gasteiger partial charge in [-0.25, -0.2) is 0 Å². The molecular weight excluding hydrogens is 168 g/mol. The number of hydrogen-bond donors (Lipinski definition) is 0. The minimum Gasteiger partial charge on any atom is -0.380 e. The van der Waals surface area contributed by atoms with Crippen LogP contribution in [0.15, 0.2) is 12.2 Å². The summed E-state index contributed by atoms with van der Waals surface area (Å²) in [5, 5.41) is 0. The molecule has 2 heterocycles. The standard InChI is InChI=1S/C10H14OS/c1-2-4-10-6-11-5-9(10,3-1)7-12-8-10/h1-2H,3-8H2/t9-,10+. The predicted molar refractivity (Wildman–Crippen MR) is 51.4 cm³/mol. The number of ether oxygens (including phenoxy) is 1. The molecule has 12 heavy (non-hydrogen) atoms. The van der Waals surface area contributed by atoms with Gasteiger partial charge in [0, 0.05) is 22.3 Å². The molecule has 0 aromatic carbocycles. The molecule has 2 fully saturated rings. The highest BCUT2D eigenvalue weighted by atomic mass is 32.2. The summed E-state index contributed by atoms with van der Waals surface area (Å²) in [6.45, 7) is 2.04. The van der Waals surface area contributed by atoms with Gasteiger partial charge in [-0.3, -0.25) is 0 Å². The SMILES string of the molecule is C1=CC[C@]23COC[C@@]2(C1)CSC3. The van der Waals surface area contributed by atoms with Crippen molar-refractivity contribution in [3.05, 3.63) is 12.2 Å². The zero-order valence-electron chi connectivity index (χ0n) is 7.21. The summed E-state index contributed by atoms with van der Waals surface area (Å²) < 4.78 is 5.69. The highest BCUT2D eigenvalue weighted by Crippen LogP contribution is 2.60. The summed E-state index contributed by atoms with van der Waals surface area (Å²) >= 11 is 2.13. The molecule has 0 radical (unpaired) electrons. The molecule has 0 saturated carbocycles. The van der Waals surface area contributed by atoms with Gasteiger partial charge >= 0.3 is 0 Å². The molecule has 1 aliphatic carbocycles. The lowest BCUT2D eigenvalue weighted by atomic mass is 9.62. The van der Waals surface area contributed by atoms with Crippen molar-refractivity contribution in [3.8, 4) is 0 Å². The van der Waals surface area contributed by atoms with Crippen LogP contribution < -0.4 is 0 Å². The Bertz CT molecular complexity index is 202. The maximum atomic E-state index is 5.69. The third-order valence-electron chi connectivity index (χ3n) is 3.82. The van der Waals surface area contributed by atoms with Crippen LogP contribution in [0.3, 0.4) is 0 Å². The van der Waals surface area contributed by atoms with E-state index in [0.29, 0.717) is 10.8 Å². The number of hydrogen-bond acceptors (Lipinski definition) is 2. The lowest BCUT2D eigenvalue weighted by Gasteiger charge is -2.39. The van der Waals surface area contributed by atoms with Crippen molar-refractivity contribution in [2.45, 2.75) is 12.8 Å². The monoisotopic (exact) mass is 182 g/mol. The van der Waals surface area contributed by atoms with E-state index in [4.69, 9.17) is 4.74 Å². The van der Waals surface area contributed by atoms with Gasteiger partial charge in [0.15, 0.2) is 0 Å². The minimum absolute atomic E-state index is 0.534. The third kappa shape index (κ3) is 0.710. The van der Waals surface area contributed by atoms with Gasteiger partial charge in [-0.15, -0.1) is 0 Å². The summed E-state index contributed by atoms with van der Waals surface area (Å²) in [4.78, 5) is 0. The van der Waals surface area contributed by atoms with Crippen LogP contribution in [0.1, 0.15) is 12.8 Å². The quantitative estimate of drug-likeness (QED) is 0.530. The van der Waals surface area contributed by atoms with Gasteiger partial charge in [-0.2, -0.15) is 11.8 Å². The van der Waals surface area contributed by atoms with Crippen LogP contribution in [0.25, 0.3) is 0 Å². The van der Waals surface area contributed by atoms with Crippen molar-refractivity contribution >= 4 is 11.8 Å². The zero-order valence-corrected chi connectivity index (χ0v) is 8.03. The molecule has 0 aromatic heterocycles. The fourth-order valence-electron chi connectivity index (χ4n) is 2.87. The maximum Gasteiger partial charge on any atom is 0.0540 e. The third-order valence-corrected chi connectivity index (χ3v) is 5.34. The number of thioether (sulfide) groups is 1. The first-order valence-corrected chi connectivity index (χ1v) is 5.83. The molecule has 1 nitrogen and oxygen atoms in total.